The first-order valence-corrected chi connectivity index (χ1v) is 5.82. The van der Waals surface area contributed by atoms with E-state index < -0.39 is 0 Å². The third-order valence-electron chi connectivity index (χ3n) is 3.17. The maximum atomic E-state index is 12.8. The number of aliphatic hydroxyl groups excluding tert-OH is 1. The fraction of sp³-hybridized carbons (Fsp3) is 0.538. The summed E-state index contributed by atoms with van der Waals surface area (Å²) < 4.78 is 18.3. The van der Waals surface area contributed by atoms with Gasteiger partial charge in [0.25, 0.3) is 0 Å². The van der Waals surface area contributed by atoms with E-state index in [9.17, 15) is 9.50 Å². The van der Waals surface area contributed by atoms with Crippen molar-refractivity contribution < 1.29 is 14.2 Å². The normalized spacial score (nSPS) is 24.6. The number of benzene rings is 1. The van der Waals surface area contributed by atoms with Crippen molar-refractivity contribution in [2.75, 3.05) is 6.61 Å². The van der Waals surface area contributed by atoms with Crippen molar-refractivity contribution >= 4 is 0 Å². The molecule has 0 spiro atoms. The van der Waals surface area contributed by atoms with E-state index >= 15 is 0 Å². The second kappa shape index (κ2) is 5.30. The molecule has 1 saturated carbocycles. The molecule has 3 heteroatoms. The molecule has 0 aromatic heterocycles. The van der Waals surface area contributed by atoms with E-state index in [2.05, 4.69) is 0 Å². The summed E-state index contributed by atoms with van der Waals surface area (Å²) in [5, 5.41) is 9.61. The molecule has 0 bridgehead atoms. The van der Waals surface area contributed by atoms with Crippen molar-refractivity contribution in [2.24, 2.45) is 5.92 Å². The lowest BCUT2D eigenvalue weighted by Crippen LogP contribution is -2.16. The van der Waals surface area contributed by atoms with E-state index in [0.29, 0.717) is 18.3 Å². The lowest BCUT2D eigenvalue weighted by molar-refractivity contribution is 0.117. The molecule has 2 unspecified atom stereocenters. The van der Waals surface area contributed by atoms with Gasteiger partial charge in [-0.15, -0.1) is 0 Å². The van der Waals surface area contributed by atoms with Crippen LogP contribution in [0.2, 0.25) is 0 Å². The van der Waals surface area contributed by atoms with Crippen LogP contribution in [0.4, 0.5) is 4.39 Å². The highest BCUT2D eigenvalue weighted by Gasteiger charge is 2.24. The van der Waals surface area contributed by atoms with Gasteiger partial charge in [-0.05, 0) is 37.3 Å². The summed E-state index contributed by atoms with van der Waals surface area (Å²) in [6, 6.07) is 6.15. The molecule has 0 aliphatic heterocycles. The lowest BCUT2D eigenvalue weighted by Gasteiger charge is -2.14. The maximum absolute atomic E-state index is 12.8. The minimum absolute atomic E-state index is 0.170. The third-order valence-corrected chi connectivity index (χ3v) is 3.17. The summed E-state index contributed by atoms with van der Waals surface area (Å²) in [5.41, 5.74) is 0. The molecule has 2 atom stereocenters. The highest BCUT2D eigenvalue weighted by Crippen LogP contribution is 2.28. The Morgan fingerprint density at radius 2 is 2.25 bits per heavy atom. The van der Waals surface area contributed by atoms with Crippen LogP contribution in [0.15, 0.2) is 24.3 Å². The van der Waals surface area contributed by atoms with E-state index in [4.69, 9.17) is 4.74 Å². The van der Waals surface area contributed by atoms with Crippen LogP contribution in [0.25, 0.3) is 0 Å². The van der Waals surface area contributed by atoms with Gasteiger partial charge >= 0.3 is 0 Å². The second-order valence-electron chi connectivity index (χ2n) is 4.35. The van der Waals surface area contributed by atoms with Gasteiger partial charge in [-0.2, -0.15) is 0 Å². The average molecular weight is 224 g/mol. The third kappa shape index (κ3) is 2.95. The molecule has 1 aromatic rings. The summed E-state index contributed by atoms with van der Waals surface area (Å²) in [7, 11) is 0. The van der Waals surface area contributed by atoms with E-state index in [-0.39, 0.29) is 11.9 Å². The molecule has 0 radical (unpaired) electrons. The molecule has 1 aliphatic rings. The van der Waals surface area contributed by atoms with E-state index in [0.717, 1.165) is 25.7 Å². The van der Waals surface area contributed by atoms with Crippen LogP contribution in [0.5, 0.6) is 5.75 Å². The smallest absolute Gasteiger partial charge is 0.126 e. The zero-order valence-corrected chi connectivity index (χ0v) is 9.23. The fourth-order valence-electron chi connectivity index (χ4n) is 2.24. The van der Waals surface area contributed by atoms with Gasteiger partial charge in [-0.3, -0.25) is 0 Å². The highest BCUT2D eigenvalue weighted by molar-refractivity contribution is 5.22. The number of rotatable bonds is 4. The van der Waals surface area contributed by atoms with Gasteiger partial charge < -0.3 is 9.84 Å². The summed E-state index contributed by atoms with van der Waals surface area (Å²) in [6.45, 7) is 0.547. The fourth-order valence-corrected chi connectivity index (χ4v) is 2.24. The Balaban J connectivity index is 1.75. The minimum Gasteiger partial charge on any atom is -0.493 e. The first-order chi connectivity index (χ1) is 7.75. The van der Waals surface area contributed by atoms with Gasteiger partial charge in [0.15, 0.2) is 0 Å². The van der Waals surface area contributed by atoms with Gasteiger partial charge in [0.1, 0.15) is 11.6 Å². The van der Waals surface area contributed by atoms with Gasteiger partial charge in [0, 0.05) is 6.07 Å². The number of ether oxygens (including phenoxy) is 1. The molecule has 1 N–H and O–H groups in total. The number of aliphatic hydroxyl groups is 1. The number of hydrogen-bond donors (Lipinski definition) is 1. The first-order valence-electron chi connectivity index (χ1n) is 5.82. The molecule has 16 heavy (non-hydrogen) atoms. The predicted molar refractivity (Wildman–Crippen MR) is 59.9 cm³/mol. The van der Waals surface area contributed by atoms with Crippen molar-refractivity contribution in [1.29, 1.82) is 0 Å². The molecular formula is C13H17FO2. The van der Waals surface area contributed by atoms with Gasteiger partial charge in [-0.1, -0.05) is 12.5 Å². The van der Waals surface area contributed by atoms with Crippen LogP contribution >= 0.6 is 0 Å². The van der Waals surface area contributed by atoms with Crippen molar-refractivity contribution in [3.05, 3.63) is 30.1 Å². The Labute approximate surface area is 95.1 Å². The summed E-state index contributed by atoms with van der Waals surface area (Å²) >= 11 is 0. The van der Waals surface area contributed by atoms with Crippen LogP contribution in [0.1, 0.15) is 25.7 Å². The molecule has 2 rings (SSSR count). The molecule has 1 fully saturated rings. The Bertz CT molecular complexity index is 340. The molecular weight excluding hydrogens is 207 g/mol. The zero-order chi connectivity index (χ0) is 11.4. The predicted octanol–water partition coefficient (Wildman–Crippen LogP) is 2.76. The van der Waals surface area contributed by atoms with Crippen molar-refractivity contribution in [2.45, 2.75) is 31.8 Å². The van der Waals surface area contributed by atoms with Crippen LogP contribution in [-0.4, -0.2) is 17.8 Å². The standard InChI is InChI=1S/C13H17FO2/c14-11-4-2-5-12(9-11)16-8-7-10-3-1-6-13(10)15/h2,4-5,9-10,13,15H,1,3,6-8H2. The maximum Gasteiger partial charge on any atom is 0.126 e. The summed E-state index contributed by atoms with van der Waals surface area (Å²) in [4.78, 5) is 0. The Morgan fingerprint density at radius 3 is 2.94 bits per heavy atom. The van der Waals surface area contributed by atoms with Gasteiger partial charge in [-0.25, -0.2) is 4.39 Å². The topological polar surface area (TPSA) is 29.5 Å². The quantitative estimate of drug-likeness (QED) is 0.852. The van der Waals surface area contributed by atoms with Gasteiger partial charge in [0.2, 0.25) is 0 Å². The molecule has 88 valence electrons. The van der Waals surface area contributed by atoms with Crippen LogP contribution < -0.4 is 4.74 Å². The summed E-state index contributed by atoms with van der Waals surface area (Å²) in [6.07, 6.45) is 3.76. The molecule has 0 heterocycles. The first kappa shape index (κ1) is 11.4. The zero-order valence-electron chi connectivity index (χ0n) is 9.23. The minimum atomic E-state index is -0.279. The Hall–Kier alpha value is -1.09. The lowest BCUT2D eigenvalue weighted by atomic mass is 10.0. The molecule has 0 amide bonds. The number of hydrogen-bond acceptors (Lipinski definition) is 2. The van der Waals surface area contributed by atoms with Crippen LogP contribution in [-0.2, 0) is 0 Å². The Morgan fingerprint density at radius 1 is 1.38 bits per heavy atom. The van der Waals surface area contributed by atoms with Crippen molar-refractivity contribution in [3.63, 3.8) is 0 Å². The second-order valence-corrected chi connectivity index (χ2v) is 4.35. The molecule has 0 saturated heterocycles. The summed E-state index contributed by atoms with van der Waals surface area (Å²) in [5.74, 6) is 0.638. The highest BCUT2D eigenvalue weighted by atomic mass is 19.1. The Kier molecular flexibility index (Phi) is 3.78. The van der Waals surface area contributed by atoms with Crippen molar-refractivity contribution in [3.8, 4) is 5.75 Å². The molecule has 1 aromatic carbocycles. The van der Waals surface area contributed by atoms with Gasteiger partial charge in [0.05, 0.1) is 12.7 Å². The van der Waals surface area contributed by atoms with Crippen LogP contribution in [0, 0.1) is 11.7 Å². The number of halogens is 1. The largest absolute Gasteiger partial charge is 0.493 e. The van der Waals surface area contributed by atoms with Crippen LogP contribution in [0.3, 0.4) is 0 Å². The van der Waals surface area contributed by atoms with E-state index in [1.54, 1.807) is 12.1 Å². The van der Waals surface area contributed by atoms with Crippen molar-refractivity contribution in [1.82, 2.24) is 0 Å². The SMILES string of the molecule is OC1CCCC1CCOc1cccc(F)c1. The molecule has 1 aliphatic carbocycles. The van der Waals surface area contributed by atoms with E-state index in [1.807, 2.05) is 0 Å². The molecule has 2 nitrogen and oxygen atoms in total. The monoisotopic (exact) mass is 224 g/mol. The van der Waals surface area contributed by atoms with E-state index in [1.165, 1.54) is 12.1 Å². The average Bonchev–Trinajstić information content (AvgIpc) is 2.65.